The Morgan fingerprint density at radius 1 is 1.33 bits per heavy atom. The third-order valence-corrected chi connectivity index (χ3v) is 2.35. The highest BCUT2D eigenvalue weighted by Gasteiger charge is 2.02. The third-order valence-electron chi connectivity index (χ3n) is 2.35. The maximum absolute atomic E-state index is 9.58. The van der Waals surface area contributed by atoms with E-state index in [1.165, 1.54) is 12.8 Å². The van der Waals surface area contributed by atoms with Gasteiger partial charge in [-0.05, 0) is 18.6 Å². The lowest BCUT2D eigenvalue weighted by molar-refractivity contribution is 0.473. The number of rotatable bonds is 6. The van der Waals surface area contributed by atoms with Gasteiger partial charge in [-0.3, -0.25) is 0 Å². The van der Waals surface area contributed by atoms with Crippen LogP contribution in [0.15, 0.2) is 30.8 Å². The van der Waals surface area contributed by atoms with Gasteiger partial charge in [0.25, 0.3) is 0 Å². The minimum absolute atomic E-state index is 0.283. The van der Waals surface area contributed by atoms with Gasteiger partial charge < -0.3 is 10.4 Å². The summed E-state index contributed by atoms with van der Waals surface area (Å²) in [4.78, 5) is 0. The third kappa shape index (κ3) is 3.66. The van der Waals surface area contributed by atoms with Crippen LogP contribution in [0.5, 0.6) is 5.75 Å². The van der Waals surface area contributed by atoms with E-state index in [-0.39, 0.29) is 5.75 Å². The van der Waals surface area contributed by atoms with E-state index in [9.17, 15) is 5.11 Å². The van der Waals surface area contributed by atoms with Gasteiger partial charge in [0, 0.05) is 17.8 Å². The fraction of sp³-hybridized carbons (Fsp3) is 0.385. The maximum Gasteiger partial charge on any atom is 0.124 e. The molecule has 1 rings (SSSR count). The number of benzene rings is 1. The van der Waals surface area contributed by atoms with E-state index in [0.717, 1.165) is 24.2 Å². The summed E-state index contributed by atoms with van der Waals surface area (Å²) in [5, 5.41) is 12.8. The van der Waals surface area contributed by atoms with E-state index in [1.54, 1.807) is 6.07 Å². The molecule has 0 heterocycles. The number of phenolic OH excluding ortho intramolecular Hbond substituents is 1. The van der Waals surface area contributed by atoms with Crippen molar-refractivity contribution in [3.8, 4) is 5.75 Å². The SMILES string of the molecule is C=C(NCCCCC)c1ccccc1O. The van der Waals surface area contributed by atoms with Crippen molar-refractivity contribution in [2.45, 2.75) is 26.2 Å². The Kier molecular flexibility index (Phi) is 4.75. The van der Waals surface area contributed by atoms with E-state index in [0.29, 0.717) is 0 Å². The largest absolute Gasteiger partial charge is 0.507 e. The molecule has 1 aromatic rings. The number of hydrogen-bond acceptors (Lipinski definition) is 2. The molecule has 0 aliphatic rings. The van der Waals surface area contributed by atoms with Crippen LogP contribution in [0.25, 0.3) is 5.70 Å². The van der Waals surface area contributed by atoms with Gasteiger partial charge in [0.2, 0.25) is 0 Å². The first kappa shape index (κ1) is 11.6. The van der Waals surface area contributed by atoms with Crippen molar-refractivity contribution < 1.29 is 5.11 Å². The molecular weight excluding hydrogens is 186 g/mol. The summed E-state index contributed by atoms with van der Waals surface area (Å²) >= 11 is 0. The van der Waals surface area contributed by atoms with Gasteiger partial charge in [-0.1, -0.05) is 38.5 Å². The summed E-state index contributed by atoms with van der Waals surface area (Å²) in [7, 11) is 0. The van der Waals surface area contributed by atoms with Crippen molar-refractivity contribution in [1.82, 2.24) is 5.32 Å². The minimum atomic E-state index is 0.283. The summed E-state index contributed by atoms with van der Waals surface area (Å²) in [6.07, 6.45) is 3.58. The molecule has 0 saturated carbocycles. The van der Waals surface area contributed by atoms with E-state index in [4.69, 9.17) is 0 Å². The van der Waals surface area contributed by atoms with Gasteiger partial charge in [-0.25, -0.2) is 0 Å². The number of aromatic hydroxyl groups is 1. The second-order valence-corrected chi connectivity index (χ2v) is 3.63. The molecule has 82 valence electrons. The van der Waals surface area contributed by atoms with Crippen molar-refractivity contribution in [3.05, 3.63) is 36.4 Å². The van der Waals surface area contributed by atoms with E-state index in [1.807, 2.05) is 18.2 Å². The quantitative estimate of drug-likeness (QED) is 0.699. The highest BCUT2D eigenvalue weighted by atomic mass is 16.3. The predicted molar refractivity (Wildman–Crippen MR) is 64.7 cm³/mol. The molecule has 0 bridgehead atoms. The summed E-state index contributed by atoms with van der Waals surface area (Å²) in [6.45, 7) is 7.01. The molecule has 0 aromatic heterocycles. The van der Waals surface area contributed by atoms with Crippen LogP contribution in [0.4, 0.5) is 0 Å². The molecule has 2 heteroatoms. The van der Waals surface area contributed by atoms with Crippen LogP contribution in [0.3, 0.4) is 0 Å². The summed E-state index contributed by atoms with van der Waals surface area (Å²) in [6, 6.07) is 7.25. The average Bonchev–Trinajstić information content (AvgIpc) is 2.25. The molecule has 2 N–H and O–H groups in total. The highest BCUT2D eigenvalue weighted by Crippen LogP contribution is 2.21. The Balaban J connectivity index is 2.44. The molecular formula is C13H19NO. The minimum Gasteiger partial charge on any atom is -0.507 e. The summed E-state index contributed by atoms with van der Waals surface area (Å²) in [5.74, 6) is 0.283. The van der Waals surface area contributed by atoms with Gasteiger partial charge in [0.1, 0.15) is 5.75 Å². The maximum atomic E-state index is 9.58. The van der Waals surface area contributed by atoms with Crippen molar-refractivity contribution in [1.29, 1.82) is 0 Å². The smallest absolute Gasteiger partial charge is 0.124 e. The van der Waals surface area contributed by atoms with Crippen LogP contribution in [0.1, 0.15) is 31.7 Å². The first-order valence-electron chi connectivity index (χ1n) is 5.47. The highest BCUT2D eigenvalue weighted by molar-refractivity contribution is 5.66. The molecule has 0 radical (unpaired) electrons. The molecule has 2 nitrogen and oxygen atoms in total. The van der Waals surface area contributed by atoms with Crippen LogP contribution in [0.2, 0.25) is 0 Å². The Hall–Kier alpha value is -1.44. The number of phenols is 1. The number of hydrogen-bond donors (Lipinski definition) is 2. The Morgan fingerprint density at radius 2 is 2.07 bits per heavy atom. The molecule has 0 aliphatic heterocycles. The molecule has 15 heavy (non-hydrogen) atoms. The first-order valence-corrected chi connectivity index (χ1v) is 5.47. The zero-order chi connectivity index (χ0) is 11.1. The lowest BCUT2D eigenvalue weighted by Crippen LogP contribution is -2.12. The lowest BCUT2D eigenvalue weighted by Gasteiger charge is -2.10. The van der Waals surface area contributed by atoms with Crippen LogP contribution < -0.4 is 5.32 Å². The molecule has 0 spiro atoms. The second-order valence-electron chi connectivity index (χ2n) is 3.63. The number of unbranched alkanes of at least 4 members (excludes halogenated alkanes) is 2. The Bertz CT molecular complexity index is 320. The molecule has 0 saturated heterocycles. The molecule has 0 aliphatic carbocycles. The van der Waals surface area contributed by atoms with Crippen LogP contribution in [0, 0.1) is 0 Å². The Labute approximate surface area is 91.6 Å². The van der Waals surface area contributed by atoms with E-state index < -0.39 is 0 Å². The predicted octanol–water partition coefficient (Wildman–Crippen LogP) is 3.14. The van der Waals surface area contributed by atoms with Gasteiger partial charge >= 0.3 is 0 Å². The summed E-state index contributed by atoms with van der Waals surface area (Å²) in [5.41, 5.74) is 1.58. The van der Waals surface area contributed by atoms with E-state index in [2.05, 4.69) is 18.8 Å². The van der Waals surface area contributed by atoms with Gasteiger partial charge in [-0.2, -0.15) is 0 Å². The van der Waals surface area contributed by atoms with Crippen LogP contribution >= 0.6 is 0 Å². The van der Waals surface area contributed by atoms with Crippen molar-refractivity contribution in [2.24, 2.45) is 0 Å². The monoisotopic (exact) mass is 205 g/mol. The van der Waals surface area contributed by atoms with Crippen LogP contribution in [-0.2, 0) is 0 Å². The Morgan fingerprint density at radius 3 is 2.73 bits per heavy atom. The van der Waals surface area contributed by atoms with Crippen molar-refractivity contribution in [3.63, 3.8) is 0 Å². The van der Waals surface area contributed by atoms with Gasteiger partial charge in [-0.15, -0.1) is 0 Å². The van der Waals surface area contributed by atoms with Crippen LogP contribution in [-0.4, -0.2) is 11.7 Å². The normalized spacial score (nSPS) is 9.93. The molecule has 0 unspecified atom stereocenters. The lowest BCUT2D eigenvalue weighted by atomic mass is 10.1. The number of para-hydroxylation sites is 1. The summed E-state index contributed by atoms with van der Waals surface area (Å²) < 4.78 is 0. The molecule has 0 atom stereocenters. The molecule has 0 fully saturated rings. The fourth-order valence-electron chi connectivity index (χ4n) is 1.44. The standard InChI is InChI=1S/C13H19NO/c1-3-4-7-10-14-11(2)12-8-5-6-9-13(12)15/h5-6,8-9,14-15H,2-4,7,10H2,1H3. The topological polar surface area (TPSA) is 32.3 Å². The van der Waals surface area contributed by atoms with E-state index >= 15 is 0 Å². The van der Waals surface area contributed by atoms with Gasteiger partial charge in [0.05, 0.1) is 0 Å². The molecule has 0 amide bonds. The number of nitrogens with one attached hydrogen (secondary N) is 1. The molecule has 1 aromatic carbocycles. The van der Waals surface area contributed by atoms with Gasteiger partial charge in [0.15, 0.2) is 0 Å². The fourth-order valence-corrected chi connectivity index (χ4v) is 1.44. The van der Waals surface area contributed by atoms with Crippen molar-refractivity contribution in [2.75, 3.05) is 6.54 Å². The average molecular weight is 205 g/mol. The zero-order valence-corrected chi connectivity index (χ0v) is 9.29. The van der Waals surface area contributed by atoms with Crippen molar-refractivity contribution >= 4 is 5.70 Å². The zero-order valence-electron chi connectivity index (χ0n) is 9.29. The second kappa shape index (κ2) is 6.12. The first-order chi connectivity index (χ1) is 7.25.